The Bertz CT molecular complexity index is 418. The van der Waals surface area contributed by atoms with Crippen LogP contribution < -0.4 is 4.90 Å². The Kier molecular flexibility index (Phi) is 4.01. The number of aliphatic hydroxyl groups excluding tert-OH is 1. The molecule has 0 radical (unpaired) electrons. The number of nitrogens with zero attached hydrogens (tertiary/aromatic N) is 2. The highest BCUT2D eigenvalue weighted by atomic mass is 16.5. The molecule has 0 saturated carbocycles. The van der Waals surface area contributed by atoms with Crippen molar-refractivity contribution in [3.05, 3.63) is 29.8 Å². The van der Waals surface area contributed by atoms with Gasteiger partial charge in [-0.15, -0.1) is 0 Å². The first-order valence-corrected chi connectivity index (χ1v) is 7.14. The monoisotopic (exact) mass is 262 g/mol. The van der Waals surface area contributed by atoms with Crippen molar-refractivity contribution in [3.63, 3.8) is 0 Å². The maximum Gasteiger partial charge on any atom is 0.0702 e. The highest BCUT2D eigenvalue weighted by molar-refractivity contribution is 5.54. The van der Waals surface area contributed by atoms with Crippen molar-refractivity contribution in [1.29, 1.82) is 0 Å². The molecule has 2 aliphatic heterocycles. The van der Waals surface area contributed by atoms with E-state index in [1.54, 1.807) is 0 Å². The van der Waals surface area contributed by atoms with E-state index in [1.165, 1.54) is 12.1 Å². The molecule has 2 saturated heterocycles. The van der Waals surface area contributed by atoms with Crippen molar-refractivity contribution in [3.8, 4) is 0 Å². The fourth-order valence-electron chi connectivity index (χ4n) is 3.15. The fourth-order valence-corrected chi connectivity index (χ4v) is 3.15. The molecule has 1 unspecified atom stereocenters. The van der Waals surface area contributed by atoms with Gasteiger partial charge in [-0.1, -0.05) is 18.2 Å². The summed E-state index contributed by atoms with van der Waals surface area (Å²) in [5.41, 5.74) is 2.23. The van der Waals surface area contributed by atoms with Crippen LogP contribution in [-0.2, 0) is 11.3 Å². The molecule has 1 atom stereocenters. The molecule has 4 heteroatoms. The maximum absolute atomic E-state index is 9.44. The minimum absolute atomic E-state index is 0.120. The zero-order chi connectivity index (χ0) is 13.1. The highest BCUT2D eigenvalue weighted by Gasteiger charge is 2.29. The Balaban J connectivity index is 1.67. The predicted molar refractivity (Wildman–Crippen MR) is 75.4 cm³/mol. The molecular formula is C15H22N2O2. The highest BCUT2D eigenvalue weighted by Crippen LogP contribution is 2.26. The third kappa shape index (κ3) is 2.76. The molecule has 3 rings (SSSR count). The second-order valence-corrected chi connectivity index (χ2v) is 5.32. The normalized spacial score (nSPS) is 24.9. The quantitative estimate of drug-likeness (QED) is 0.884. The van der Waals surface area contributed by atoms with Crippen LogP contribution in [0.4, 0.5) is 5.69 Å². The van der Waals surface area contributed by atoms with Crippen LogP contribution in [0.15, 0.2) is 24.3 Å². The Morgan fingerprint density at radius 3 is 2.74 bits per heavy atom. The predicted octanol–water partition coefficient (Wildman–Crippen LogP) is 1.09. The molecule has 0 aliphatic carbocycles. The number of para-hydroxylation sites is 1. The van der Waals surface area contributed by atoms with Gasteiger partial charge in [0.15, 0.2) is 0 Å². The van der Waals surface area contributed by atoms with E-state index in [9.17, 15) is 5.11 Å². The smallest absolute Gasteiger partial charge is 0.0702 e. The van der Waals surface area contributed by atoms with Crippen LogP contribution >= 0.6 is 0 Å². The summed E-state index contributed by atoms with van der Waals surface area (Å²) in [7, 11) is 0. The van der Waals surface area contributed by atoms with Crippen LogP contribution in [0.5, 0.6) is 0 Å². The van der Waals surface area contributed by atoms with Crippen molar-refractivity contribution in [2.45, 2.75) is 19.1 Å². The first kappa shape index (κ1) is 12.9. The third-order valence-corrected chi connectivity index (χ3v) is 4.23. The summed E-state index contributed by atoms with van der Waals surface area (Å²) in [4.78, 5) is 4.96. The van der Waals surface area contributed by atoms with E-state index >= 15 is 0 Å². The Hall–Kier alpha value is -1.10. The molecule has 4 nitrogen and oxygen atoms in total. The van der Waals surface area contributed by atoms with Crippen molar-refractivity contribution in [2.75, 3.05) is 44.3 Å². The summed E-state index contributed by atoms with van der Waals surface area (Å²) < 4.78 is 5.42. The third-order valence-electron chi connectivity index (χ3n) is 4.23. The number of hydrogen-bond acceptors (Lipinski definition) is 4. The topological polar surface area (TPSA) is 35.9 Å². The number of rotatable bonds is 3. The fraction of sp³-hybridized carbons (Fsp3) is 0.600. The zero-order valence-electron chi connectivity index (χ0n) is 11.3. The lowest BCUT2D eigenvalue weighted by Gasteiger charge is -2.32. The van der Waals surface area contributed by atoms with Crippen molar-refractivity contribution in [2.24, 2.45) is 0 Å². The van der Waals surface area contributed by atoms with Crippen molar-refractivity contribution >= 4 is 5.69 Å². The van der Waals surface area contributed by atoms with Gasteiger partial charge in [-0.05, 0) is 12.5 Å². The van der Waals surface area contributed by atoms with Crippen LogP contribution in [0, 0.1) is 0 Å². The lowest BCUT2D eigenvalue weighted by Crippen LogP contribution is -2.44. The Morgan fingerprint density at radius 2 is 1.95 bits per heavy atom. The number of benzene rings is 1. The van der Waals surface area contributed by atoms with E-state index in [2.05, 4.69) is 21.9 Å². The molecule has 1 N–H and O–H groups in total. The van der Waals surface area contributed by atoms with Crippen molar-refractivity contribution in [1.82, 2.24) is 4.90 Å². The van der Waals surface area contributed by atoms with Crippen LogP contribution in [0.3, 0.4) is 0 Å². The molecule has 1 aromatic rings. The van der Waals surface area contributed by atoms with Gasteiger partial charge in [-0.3, -0.25) is 4.90 Å². The van der Waals surface area contributed by atoms with Gasteiger partial charge in [0, 0.05) is 43.5 Å². The second kappa shape index (κ2) is 5.90. The number of anilines is 1. The number of ether oxygens (including phenoxy) is 1. The van der Waals surface area contributed by atoms with Crippen LogP contribution in [0.1, 0.15) is 12.0 Å². The maximum atomic E-state index is 9.44. The SMILES string of the molecule is OCc1ccccc1N1CCC(N2CCOCC2)C1. The Morgan fingerprint density at radius 1 is 1.16 bits per heavy atom. The molecular weight excluding hydrogens is 240 g/mol. The first-order chi connectivity index (χ1) is 9.38. The van der Waals surface area contributed by atoms with E-state index < -0.39 is 0 Å². The zero-order valence-corrected chi connectivity index (χ0v) is 11.3. The van der Waals surface area contributed by atoms with Crippen LogP contribution in [0.25, 0.3) is 0 Å². The summed E-state index contributed by atoms with van der Waals surface area (Å²) in [6, 6.07) is 8.81. The van der Waals surface area contributed by atoms with Crippen LogP contribution in [-0.4, -0.2) is 55.4 Å². The lowest BCUT2D eigenvalue weighted by molar-refractivity contribution is 0.0209. The standard InChI is InChI=1S/C15H22N2O2/c18-12-13-3-1-2-4-15(13)17-6-5-14(11-17)16-7-9-19-10-8-16/h1-4,14,18H,5-12H2. The van der Waals surface area contributed by atoms with E-state index in [-0.39, 0.29) is 6.61 Å². The average molecular weight is 262 g/mol. The molecule has 104 valence electrons. The minimum atomic E-state index is 0.120. The van der Waals surface area contributed by atoms with E-state index in [1.807, 2.05) is 12.1 Å². The molecule has 2 heterocycles. The lowest BCUT2D eigenvalue weighted by atomic mass is 10.1. The molecule has 0 amide bonds. The van der Waals surface area contributed by atoms with Gasteiger partial charge in [0.1, 0.15) is 0 Å². The van der Waals surface area contributed by atoms with Gasteiger partial charge in [-0.25, -0.2) is 0 Å². The van der Waals surface area contributed by atoms with Gasteiger partial charge >= 0.3 is 0 Å². The summed E-state index contributed by atoms with van der Waals surface area (Å²) in [6.07, 6.45) is 1.21. The van der Waals surface area contributed by atoms with Gasteiger partial charge < -0.3 is 14.7 Å². The summed E-state index contributed by atoms with van der Waals surface area (Å²) in [5, 5.41) is 9.44. The summed E-state index contributed by atoms with van der Waals surface area (Å²) in [6.45, 7) is 6.11. The number of morpholine rings is 1. The molecule has 2 aliphatic rings. The summed E-state index contributed by atoms with van der Waals surface area (Å²) in [5.74, 6) is 0. The van der Waals surface area contributed by atoms with Gasteiger partial charge in [0.05, 0.1) is 19.8 Å². The van der Waals surface area contributed by atoms with E-state index in [0.29, 0.717) is 6.04 Å². The molecule has 19 heavy (non-hydrogen) atoms. The molecule has 1 aromatic carbocycles. The van der Waals surface area contributed by atoms with E-state index in [0.717, 1.165) is 45.0 Å². The van der Waals surface area contributed by atoms with Crippen LogP contribution in [0.2, 0.25) is 0 Å². The molecule has 0 spiro atoms. The largest absolute Gasteiger partial charge is 0.392 e. The Labute approximate surface area is 114 Å². The summed E-state index contributed by atoms with van der Waals surface area (Å²) >= 11 is 0. The first-order valence-electron chi connectivity index (χ1n) is 7.14. The van der Waals surface area contributed by atoms with Gasteiger partial charge in [-0.2, -0.15) is 0 Å². The van der Waals surface area contributed by atoms with Crippen molar-refractivity contribution < 1.29 is 9.84 Å². The van der Waals surface area contributed by atoms with Gasteiger partial charge in [0.25, 0.3) is 0 Å². The number of hydrogen-bond donors (Lipinski definition) is 1. The minimum Gasteiger partial charge on any atom is -0.392 e. The molecule has 0 bridgehead atoms. The molecule has 0 aromatic heterocycles. The molecule has 2 fully saturated rings. The van der Waals surface area contributed by atoms with Gasteiger partial charge in [0.2, 0.25) is 0 Å². The number of aliphatic hydroxyl groups is 1. The average Bonchev–Trinajstić information content (AvgIpc) is 2.98. The second-order valence-electron chi connectivity index (χ2n) is 5.32. The van der Waals surface area contributed by atoms with E-state index in [4.69, 9.17) is 4.74 Å².